The predicted octanol–water partition coefficient (Wildman–Crippen LogP) is 8.13. The molecule has 0 unspecified atom stereocenters. The normalized spacial score (nSPS) is 24.5. The van der Waals surface area contributed by atoms with Gasteiger partial charge in [-0.25, -0.2) is 5.26 Å². The van der Waals surface area contributed by atoms with Gasteiger partial charge in [-0.1, -0.05) is 59.2 Å². The van der Waals surface area contributed by atoms with Crippen LogP contribution in [0.5, 0.6) is 0 Å². The quantitative estimate of drug-likeness (QED) is 0.248. The van der Waals surface area contributed by atoms with E-state index in [0.29, 0.717) is 5.56 Å². The summed E-state index contributed by atoms with van der Waals surface area (Å²) < 4.78 is 0. The Morgan fingerprint density at radius 2 is 1.35 bits per heavy atom. The SMILES string of the molecule is CC(=Nc1ccc(C)cc1)c1[c-]cc(C#N)cc1.CC1C(C)C(C)C(C)C1C.[CH3-].[Cl][Ir+2]. The first-order chi connectivity index (χ1) is 14.2. The summed E-state index contributed by atoms with van der Waals surface area (Å²) in [5.41, 5.74) is 4.56. The van der Waals surface area contributed by atoms with E-state index in [4.69, 9.17) is 5.26 Å². The van der Waals surface area contributed by atoms with Crippen LogP contribution in [-0.2, 0) is 17.9 Å². The molecule has 2 aromatic carbocycles. The molecular formula is C27H36ClIrN2. The van der Waals surface area contributed by atoms with E-state index < -0.39 is 0 Å². The van der Waals surface area contributed by atoms with Crippen molar-refractivity contribution in [2.45, 2.75) is 48.5 Å². The fourth-order valence-corrected chi connectivity index (χ4v) is 3.99. The average Bonchev–Trinajstić information content (AvgIpc) is 2.95. The summed E-state index contributed by atoms with van der Waals surface area (Å²) in [5.74, 6) is 4.68. The molecule has 0 heterocycles. The number of nitrogens with zero attached hydrogens (tertiary/aromatic N) is 2. The molecule has 0 bridgehead atoms. The Bertz CT molecular complexity index is 792. The monoisotopic (exact) mass is 616 g/mol. The molecule has 4 heteroatoms. The third-order valence-electron chi connectivity index (χ3n) is 6.81. The first-order valence-corrected chi connectivity index (χ1v) is 13.4. The average molecular weight is 616 g/mol. The van der Waals surface area contributed by atoms with Crippen LogP contribution >= 0.6 is 9.58 Å². The molecule has 1 fully saturated rings. The summed E-state index contributed by atoms with van der Waals surface area (Å²) in [5, 5.41) is 8.73. The zero-order chi connectivity index (χ0) is 22.8. The van der Waals surface area contributed by atoms with Gasteiger partial charge in [-0.3, -0.25) is 0 Å². The third-order valence-corrected chi connectivity index (χ3v) is 6.81. The Kier molecular flexibility index (Phi) is 13.9. The van der Waals surface area contributed by atoms with Crippen molar-refractivity contribution >= 4 is 21.0 Å². The van der Waals surface area contributed by atoms with E-state index in [1.807, 2.05) is 37.3 Å². The Labute approximate surface area is 205 Å². The molecule has 1 saturated carbocycles. The molecule has 0 atom stereocenters. The van der Waals surface area contributed by atoms with E-state index in [1.165, 1.54) is 23.5 Å². The second kappa shape index (κ2) is 14.6. The second-order valence-electron chi connectivity index (χ2n) is 8.43. The van der Waals surface area contributed by atoms with Crippen LogP contribution in [-0.4, -0.2) is 5.71 Å². The van der Waals surface area contributed by atoms with Gasteiger partial charge in [-0.2, -0.15) is 0 Å². The van der Waals surface area contributed by atoms with Gasteiger partial charge in [0.2, 0.25) is 0 Å². The van der Waals surface area contributed by atoms with E-state index in [9.17, 15) is 0 Å². The van der Waals surface area contributed by atoms with Gasteiger partial charge in [0.15, 0.2) is 0 Å². The second-order valence-corrected chi connectivity index (χ2v) is 8.43. The van der Waals surface area contributed by atoms with Crippen LogP contribution < -0.4 is 0 Å². The summed E-state index contributed by atoms with van der Waals surface area (Å²) >= 11 is 1.47. The number of hydrogen-bond donors (Lipinski definition) is 0. The Morgan fingerprint density at radius 3 is 1.71 bits per heavy atom. The van der Waals surface area contributed by atoms with Crippen molar-refractivity contribution in [3.05, 3.63) is 72.6 Å². The van der Waals surface area contributed by atoms with Gasteiger partial charge in [-0.15, -0.1) is 29.8 Å². The summed E-state index contributed by atoms with van der Waals surface area (Å²) in [4.78, 5) is 4.53. The number of halogens is 1. The summed E-state index contributed by atoms with van der Waals surface area (Å²) in [6, 6.07) is 18.5. The van der Waals surface area contributed by atoms with Gasteiger partial charge in [0.1, 0.15) is 0 Å². The molecule has 3 rings (SSSR count). The molecule has 0 aliphatic heterocycles. The Balaban J connectivity index is 0.000000592. The third kappa shape index (κ3) is 8.53. The predicted molar refractivity (Wildman–Crippen MR) is 131 cm³/mol. The molecule has 0 spiro atoms. The van der Waals surface area contributed by atoms with Crippen molar-refractivity contribution < 1.29 is 17.9 Å². The molecule has 0 aromatic heterocycles. The van der Waals surface area contributed by atoms with Crippen molar-refractivity contribution in [1.29, 1.82) is 5.26 Å². The summed E-state index contributed by atoms with van der Waals surface area (Å²) in [6.07, 6.45) is 0. The molecule has 31 heavy (non-hydrogen) atoms. The van der Waals surface area contributed by atoms with Gasteiger partial charge in [0.25, 0.3) is 0 Å². The summed E-state index contributed by atoms with van der Waals surface area (Å²) in [7, 11) is 4.64. The van der Waals surface area contributed by atoms with Crippen LogP contribution in [0.4, 0.5) is 5.69 Å². The van der Waals surface area contributed by atoms with Crippen molar-refractivity contribution in [2.75, 3.05) is 0 Å². The Morgan fingerprint density at radius 1 is 0.903 bits per heavy atom. The molecule has 0 saturated heterocycles. The van der Waals surface area contributed by atoms with Crippen molar-refractivity contribution in [3.63, 3.8) is 0 Å². The van der Waals surface area contributed by atoms with Gasteiger partial charge in [0, 0.05) is 6.07 Å². The first-order valence-electron chi connectivity index (χ1n) is 10.4. The van der Waals surface area contributed by atoms with Gasteiger partial charge >= 0.3 is 27.5 Å². The molecule has 1 aliphatic rings. The maximum absolute atomic E-state index is 8.73. The number of nitriles is 1. The van der Waals surface area contributed by atoms with E-state index in [1.54, 1.807) is 12.1 Å². The van der Waals surface area contributed by atoms with E-state index in [0.717, 1.165) is 46.6 Å². The van der Waals surface area contributed by atoms with Crippen molar-refractivity contribution in [2.24, 2.45) is 34.6 Å². The van der Waals surface area contributed by atoms with E-state index >= 15 is 0 Å². The first kappa shape index (κ1) is 29.5. The fourth-order valence-electron chi connectivity index (χ4n) is 3.99. The van der Waals surface area contributed by atoms with Crippen LogP contribution in [0.1, 0.15) is 58.2 Å². The van der Waals surface area contributed by atoms with Crippen LogP contribution in [0, 0.1) is 61.3 Å². The summed E-state index contributed by atoms with van der Waals surface area (Å²) in [6.45, 7) is 16.0. The van der Waals surface area contributed by atoms with Crippen LogP contribution in [0.2, 0.25) is 0 Å². The van der Waals surface area contributed by atoms with Crippen molar-refractivity contribution in [1.82, 2.24) is 0 Å². The zero-order valence-corrected chi connectivity index (χ0v) is 23.2. The van der Waals surface area contributed by atoms with Crippen LogP contribution in [0.3, 0.4) is 0 Å². The topological polar surface area (TPSA) is 36.1 Å². The van der Waals surface area contributed by atoms with E-state index in [2.05, 4.69) is 68.3 Å². The molecule has 0 N–H and O–H groups in total. The number of benzene rings is 2. The van der Waals surface area contributed by atoms with Crippen LogP contribution in [0.15, 0.2) is 47.5 Å². The minimum absolute atomic E-state index is 0. The van der Waals surface area contributed by atoms with Gasteiger partial charge < -0.3 is 12.4 Å². The van der Waals surface area contributed by atoms with E-state index in [-0.39, 0.29) is 7.43 Å². The molecule has 2 aromatic rings. The molecule has 0 amide bonds. The van der Waals surface area contributed by atoms with Gasteiger partial charge in [0.05, 0.1) is 5.69 Å². The molecule has 0 radical (unpaired) electrons. The number of hydrogen-bond acceptors (Lipinski definition) is 2. The van der Waals surface area contributed by atoms with Gasteiger partial charge in [-0.05, 0) is 59.9 Å². The molecule has 2 nitrogen and oxygen atoms in total. The number of aliphatic imine (C=N–C) groups is 1. The minimum atomic E-state index is 0. The molecular weight excluding hydrogens is 580 g/mol. The maximum atomic E-state index is 8.73. The standard InChI is InChI=1S/C16H13N2.C10H20.CH3.ClH.Ir/c1-12-3-9-16(10-4-12)18-13(2)15-7-5-14(11-17)6-8-15;1-6-7(2)9(4)10(5)8(6)3;;;/h3-7,9-10H,1-2H3;6-10H,1-5H3;1H3;1H;/q-1;;-1;;+3/p-1. The van der Waals surface area contributed by atoms with Crippen molar-refractivity contribution in [3.8, 4) is 6.07 Å². The van der Waals surface area contributed by atoms with Crippen LogP contribution in [0.25, 0.3) is 0 Å². The molecule has 170 valence electrons. The zero-order valence-electron chi connectivity index (χ0n) is 20.0. The molecule has 1 aliphatic carbocycles. The Hall–Kier alpha value is -1.46. The number of aryl methyl sites for hydroxylation is 1. The number of rotatable bonds is 2. The fraction of sp³-hybridized carbons (Fsp3) is 0.444.